The molecule has 0 aromatic carbocycles. The fraction of sp³-hybridized carbons (Fsp3) is 0.750. The first-order valence-electron chi connectivity index (χ1n) is 1.90. The molecule has 0 bridgehead atoms. The van der Waals surface area contributed by atoms with Gasteiger partial charge in [-0.1, -0.05) is 15.9 Å². The second-order valence-corrected chi connectivity index (χ2v) is 2.26. The molecule has 0 aliphatic heterocycles. The molecule has 0 heterocycles. The number of alkyl halides is 1. The molecule has 7 heavy (non-hydrogen) atoms. The standard InChI is InChI=1S/C4H6BrNO/c1-3(7)4(5)2-6/h3-4,7H,1H3/t3-,4+/m0/s1. The molecule has 0 aliphatic carbocycles. The van der Waals surface area contributed by atoms with Gasteiger partial charge in [0.15, 0.2) is 0 Å². The van der Waals surface area contributed by atoms with Crippen LogP contribution in [0.15, 0.2) is 0 Å². The van der Waals surface area contributed by atoms with Gasteiger partial charge in [-0.25, -0.2) is 0 Å². The highest BCUT2D eigenvalue weighted by molar-refractivity contribution is 9.09. The summed E-state index contributed by atoms with van der Waals surface area (Å²) < 4.78 is 0. The highest BCUT2D eigenvalue weighted by Crippen LogP contribution is 2.01. The van der Waals surface area contributed by atoms with E-state index in [-0.39, 0.29) is 0 Å². The molecule has 0 aliphatic rings. The molecule has 0 unspecified atom stereocenters. The Morgan fingerprint density at radius 3 is 2.29 bits per heavy atom. The van der Waals surface area contributed by atoms with Gasteiger partial charge < -0.3 is 5.11 Å². The number of rotatable bonds is 1. The number of halogens is 1. The zero-order chi connectivity index (χ0) is 5.86. The van der Waals surface area contributed by atoms with Crippen molar-refractivity contribution in [2.45, 2.75) is 17.9 Å². The number of hydrogen-bond donors (Lipinski definition) is 1. The summed E-state index contributed by atoms with van der Waals surface area (Å²) in [6, 6.07) is 1.83. The minimum Gasteiger partial charge on any atom is -0.391 e. The molecule has 2 atom stereocenters. The summed E-state index contributed by atoms with van der Waals surface area (Å²) in [4.78, 5) is -0.424. The largest absolute Gasteiger partial charge is 0.391 e. The van der Waals surface area contributed by atoms with Crippen LogP contribution in [0.2, 0.25) is 0 Å². The van der Waals surface area contributed by atoms with E-state index in [4.69, 9.17) is 10.4 Å². The summed E-state index contributed by atoms with van der Waals surface area (Å²) >= 11 is 2.93. The Morgan fingerprint density at radius 1 is 1.86 bits per heavy atom. The average Bonchev–Trinajstić information content (AvgIpc) is 1.65. The smallest absolute Gasteiger partial charge is 0.127 e. The predicted molar refractivity (Wildman–Crippen MR) is 30.0 cm³/mol. The topological polar surface area (TPSA) is 44.0 Å². The summed E-state index contributed by atoms with van der Waals surface area (Å²) in [6.07, 6.45) is -0.579. The monoisotopic (exact) mass is 163 g/mol. The number of nitriles is 1. The van der Waals surface area contributed by atoms with Gasteiger partial charge in [-0.3, -0.25) is 0 Å². The van der Waals surface area contributed by atoms with Crippen LogP contribution in [0.4, 0.5) is 0 Å². The van der Waals surface area contributed by atoms with E-state index in [2.05, 4.69) is 15.9 Å². The number of nitrogens with zero attached hydrogens (tertiary/aromatic N) is 1. The van der Waals surface area contributed by atoms with Crippen LogP contribution in [0.3, 0.4) is 0 Å². The summed E-state index contributed by atoms with van der Waals surface area (Å²) in [5.74, 6) is 0. The fourth-order valence-electron chi connectivity index (χ4n) is 0.108. The molecule has 3 heteroatoms. The third-order valence-corrected chi connectivity index (χ3v) is 1.52. The number of hydrogen-bond acceptors (Lipinski definition) is 2. The van der Waals surface area contributed by atoms with Crippen LogP contribution in [0.25, 0.3) is 0 Å². The lowest BCUT2D eigenvalue weighted by Crippen LogP contribution is -2.12. The Bertz CT molecular complexity index is 86.2. The van der Waals surface area contributed by atoms with Crippen molar-refractivity contribution in [3.05, 3.63) is 0 Å². The lowest BCUT2D eigenvalue weighted by molar-refractivity contribution is 0.207. The van der Waals surface area contributed by atoms with E-state index in [9.17, 15) is 0 Å². The van der Waals surface area contributed by atoms with Crippen LogP contribution in [0.1, 0.15) is 6.92 Å². The molecule has 0 radical (unpaired) electrons. The predicted octanol–water partition coefficient (Wildman–Crippen LogP) is 0.654. The van der Waals surface area contributed by atoms with Crippen molar-refractivity contribution in [1.29, 1.82) is 5.26 Å². The zero-order valence-electron chi connectivity index (χ0n) is 3.93. The second-order valence-electron chi connectivity index (χ2n) is 1.27. The summed E-state index contributed by atoms with van der Waals surface area (Å²) in [5, 5.41) is 16.6. The maximum atomic E-state index is 8.55. The lowest BCUT2D eigenvalue weighted by atomic mass is 10.3. The van der Waals surface area contributed by atoms with E-state index in [0.717, 1.165) is 0 Å². The van der Waals surface area contributed by atoms with Gasteiger partial charge in [0, 0.05) is 0 Å². The Balaban J connectivity index is 3.40. The van der Waals surface area contributed by atoms with Crippen molar-refractivity contribution in [1.82, 2.24) is 0 Å². The highest BCUT2D eigenvalue weighted by atomic mass is 79.9. The Labute approximate surface area is 50.9 Å². The van der Waals surface area contributed by atoms with Gasteiger partial charge in [-0.15, -0.1) is 0 Å². The minimum absolute atomic E-state index is 0.424. The van der Waals surface area contributed by atoms with Crippen LogP contribution in [0, 0.1) is 11.3 Å². The fourth-order valence-corrected chi connectivity index (χ4v) is 0.108. The summed E-state index contributed by atoms with van der Waals surface area (Å²) in [6.45, 7) is 1.56. The first-order valence-corrected chi connectivity index (χ1v) is 2.82. The molecular weight excluding hydrogens is 158 g/mol. The van der Waals surface area contributed by atoms with Crippen molar-refractivity contribution in [3.8, 4) is 6.07 Å². The first kappa shape index (κ1) is 6.93. The van der Waals surface area contributed by atoms with Crippen LogP contribution in [-0.4, -0.2) is 16.0 Å². The minimum atomic E-state index is -0.579. The molecule has 2 nitrogen and oxygen atoms in total. The third-order valence-electron chi connectivity index (χ3n) is 0.547. The van der Waals surface area contributed by atoms with Crippen molar-refractivity contribution in [2.24, 2.45) is 0 Å². The molecule has 0 saturated carbocycles. The molecule has 0 aromatic heterocycles. The zero-order valence-corrected chi connectivity index (χ0v) is 5.51. The maximum absolute atomic E-state index is 8.55. The van der Waals surface area contributed by atoms with Gasteiger partial charge in [0.05, 0.1) is 12.2 Å². The first-order chi connectivity index (χ1) is 3.18. The van der Waals surface area contributed by atoms with Crippen molar-refractivity contribution < 1.29 is 5.11 Å². The van der Waals surface area contributed by atoms with E-state index in [1.54, 1.807) is 6.92 Å². The van der Waals surface area contributed by atoms with E-state index in [1.807, 2.05) is 6.07 Å². The Hall–Kier alpha value is -0.0700. The second kappa shape index (κ2) is 3.00. The van der Waals surface area contributed by atoms with E-state index >= 15 is 0 Å². The number of aliphatic hydroxyl groups is 1. The van der Waals surface area contributed by atoms with Gasteiger partial charge >= 0.3 is 0 Å². The molecule has 0 amide bonds. The van der Waals surface area contributed by atoms with Crippen LogP contribution < -0.4 is 0 Å². The van der Waals surface area contributed by atoms with Crippen LogP contribution in [0.5, 0.6) is 0 Å². The molecule has 0 rings (SSSR count). The molecule has 0 aromatic rings. The highest BCUT2D eigenvalue weighted by Gasteiger charge is 2.06. The van der Waals surface area contributed by atoms with Gasteiger partial charge in [0.1, 0.15) is 4.83 Å². The van der Waals surface area contributed by atoms with Crippen molar-refractivity contribution >= 4 is 15.9 Å². The molecule has 40 valence electrons. The van der Waals surface area contributed by atoms with E-state index < -0.39 is 10.9 Å². The molecule has 0 saturated heterocycles. The van der Waals surface area contributed by atoms with Gasteiger partial charge in [-0.05, 0) is 6.92 Å². The van der Waals surface area contributed by atoms with Crippen LogP contribution >= 0.6 is 15.9 Å². The number of aliphatic hydroxyl groups excluding tert-OH is 1. The summed E-state index contributed by atoms with van der Waals surface area (Å²) in [5.41, 5.74) is 0. The molecule has 1 N–H and O–H groups in total. The van der Waals surface area contributed by atoms with Gasteiger partial charge in [0.2, 0.25) is 0 Å². The van der Waals surface area contributed by atoms with E-state index in [0.29, 0.717) is 0 Å². The Morgan fingerprint density at radius 2 is 2.29 bits per heavy atom. The van der Waals surface area contributed by atoms with Crippen LogP contribution in [-0.2, 0) is 0 Å². The SMILES string of the molecule is C[C@H](O)[C@H](Br)C#N. The lowest BCUT2D eigenvalue weighted by Gasteiger charge is -1.99. The molecule has 0 spiro atoms. The normalized spacial score (nSPS) is 17.4. The van der Waals surface area contributed by atoms with Gasteiger partial charge in [0.25, 0.3) is 0 Å². The third kappa shape index (κ3) is 2.60. The maximum Gasteiger partial charge on any atom is 0.127 e. The van der Waals surface area contributed by atoms with Crippen molar-refractivity contribution in [3.63, 3.8) is 0 Å². The average molecular weight is 164 g/mol. The molecular formula is C4H6BrNO. The Kier molecular flexibility index (Phi) is 2.97. The quantitative estimate of drug-likeness (QED) is 0.578. The van der Waals surface area contributed by atoms with Gasteiger partial charge in [-0.2, -0.15) is 5.26 Å². The molecule has 0 fully saturated rings. The summed E-state index contributed by atoms with van der Waals surface area (Å²) in [7, 11) is 0. The van der Waals surface area contributed by atoms with E-state index in [1.165, 1.54) is 0 Å². The van der Waals surface area contributed by atoms with Crippen molar-refractivity contribution in [2.75, 3.05) is 0 Å².